The van der Waals surface area contributed by atoms with E-state index in [2.05, 4.69) is 36.0 Å². The van der Waals surface area contributed by atoms with Crippen LogP contribution in [0.1, 0.15) is 107 Å². The topological polar surface area (TPSA) is 244 Å². The summed E-state index contributed by atoms with van der Waals surface area (Å²) in [6.45, 7) is 5.56. The normalized spacial score (nSPS) is 20.1. The van der Waals surface area contributed by atoms with E-state index >= 15 is 4.39 Å². The minimum Gasteiger partial charge on any atom is -0.391 e. The number of aromatic nitrogens is 2. The Morgan fingerprint density at radius 3 is 1.45 bits per heavy atom. The Labute approximate surface area is 512 Å². The molecule has 0 spiro atoms. The van der Waals surface area contributed by atoms with Crippen molar-refractivity contribution in [1.29, 1.82) is 0 Å². The number of likely N-dealkylation sites (tertiary alicyclic amines) is 2. The van der Waals surface area contributed by atoms with Crippen LogP contribution in [0.5, 0.6) is 0 Å². The lowest BCUT2D eigenvalue weighted by molar-refractivity contribution is -0.120. The van der Waals surface area contributed by atoms with Gasteiger partial charge in [-0.05, 0) is 178 Å². The summed E-state index contributed by atoms with van der Waals surface area (Å²) in [4.78, 5) is 63.7. The highest BCUT2D eigenvalue weighted by Crippen LogP contribution is 2.44. The second-order valence-electron chi connectivity index (χ2n) is 23.2. The zero-order valence-corrected chi connectivity index (χ0v) is 50.4. The SMILES string of the molecule is CC(C)(C)[S@@](=O)NC(CCC1CC1)(c1ccncc1)c1ccc(F)c(NC(=O)[C@H]2C[C@@H](O)CN2C(=O)Nc2ccc(Cl)cc2)c1.Cl.NC(CCC1CC1)(c1ccncc1)c1ccc(F)c(NC(=O)[C@H]2C[C@@H](O)CN2C(=O)Nc2ccc(Cl)cc2)c1. The average Bonchev–Trinajstić information content (AvgIpc) is 3.80. The zero-order chi connectivity index (χ0) is 59.9. The molecule has 9 N–H and O–H groups in total. The zero-order valence-electron chi connectivity index (χ0n) is 47.3. The molecule has 10 rings (SSSR count). The Morgan fingerprint density at radius 2 is 1.01 bits per heavy atom. The number of nitrogens with one attached hydrogen (secondary N) is 5. The van der Waals surface area contributed by atoms with E-state index in [1.807, 2.05) is 45.0 Å². The number of halogens is 5. The van der Waals surface area contributed by atoms with Crippen molar-refractivity contribution < 1.29 is 42.4 Å². The number of benzene rings is 4. The molecule has 6 aromatic rings. The number of carbonyl (C=O) groups is 4. The first kappa shape index (κ1) is 64.4. The molecule has 2 aliphatic heterocycles. The van der Waals surface area contributed by atoms with Gasteiger partial charge in [-0.1, -0.05) is 61.0 Å². The van der Waals surface area contributed by atoms with Gasteiger partial charge in [0.15, 0.2) is 0 Å². The minimum absolute atomic E-state index is 0. The number of hydrogen-bond acceptors (Lipinski definition) is 10. The number of β-amino-alcohol motifs (C(OH)–C–C–N with tert-alkyl or cyclic N) is 2. The van der Waals surface area contributed by atoms with E-state index in [1.165, 1.54) is 34.8 Å². The first-order valence-corrected chi connectivity index (χ1v) is 30.0. The molecule has 7 atom stereocenters. The summed E-state index contributed by atoms with van der Waals surface area (Å²) < 4.78 is 46.8. The van der Waals surface area contributed by atoms with Gasteiger partial charge in [-0.3, -0.25) is 19.6 Å². The predicted octanol–water partition coefficient (Wildman–Crippen LogP) is 11.3. The Morgan fingerprint density at radius 1 is 0.600 bits per heavy atom. The van der Waals surface area contributed by atoms with Crippen LogP contribution in [0.2, 0.25) is 10.0 Å². The number of carbonyl (C=O) groups excluding carboxylic acids is 4. The number of aliphatic hydroxyl groups excluding tert-OH is 2. The number of urea groups is 2. The maximum Gasteiger partial charge on any atom is 0.322 e. The third-order valence-corrected chi connectivity index (χ3v) is 17.9. The Balaban J connectivity index is 0.000000221. The van der Waals surface area contributed by atoms with Crippen LogP contribution >= 0.6 is 35.6 Å². The molecule has 452 valence electrons. The van der Waals surface area contributed by atoms with E-state index in [-0.39, 0.29) is 49.7 Å². The summed E-state index contributed by atoms with van der Waals surface area (Å²) in [5, 5.41) is 32.4. The number of anilines is 4. The molecule has 2 saturated heterocycles. The van der Waals surface area contributed by atoms with Crippen molar-refractivity contribution in [3.8, 4) is 0 Å². The molecule has 4 aliphatic rings. The van der Waals surface area contributed by atoms with Crippen LogP contribution in [-0.2, 0) is 31.7 Å². The Bertz CT molecular complexity index is 3330. The molecule has 85 heavy (non-hydrogen) atoms. The smallest absolute Gasteiger partial charge is 0.322 e. The van der Waals surface area contributed by atoms with Crippen molar-refractivity contribution >= 4 is 93.2 Å². The van der Waals surface area contributed by atoms with Gasteiger partial charge in [0.1, 0.15) is 23.7 Å². The monoisotopic (exact) mass is 1240 g/mol. The third kappa shape index (κ3) is 16.3. The summed E-state index contributed by atoms with van der Waals surface area (Å²) in [5.74, 6) is -1.30. The van der Waals surface area contributed by atoms with Crippen LogP contribution < -0.4 is 31.7 Å². The molecule has 2 unspecified atom stereocenters. The maximum absolute atomic E-state index is 15.4. The van der Waals surface area contributed by atoms with E-state index in [9.17, 15) is 38.0 Å². The molecule has 2 aromatic heterocycles. The highest BCUT2D eigenvalue weighted by atomic mass is 35.5. The van der Waals surface area contributed by atoms with Crippen LogP contribution in [0, 0.1) is 23.5 Å². The molecule has 6 amide bonds. The van der Waals surface area contributed by atoms with Gasteiger partial charge in [-0.25, -0.2) is 27.3 Å². The second kappa shape index (κ2) is 27.8. The van der Waals surface area contributed by atoms with Crippen molar-refractivity contribution in [2.75, 3.05) is 34.4 Å². The fourth-order valence-electron chi connectivity index (χ4n) is 10.6. The largest absolute Gasteiger partial charge is 0.391 e. The average molecular weight is 1240 g/mol. The standard InChI is InChI=1S/C33H39ClFN5O4S.C29H31ClFN5O3.ClH/c1-32(2,3)45(44)39-33(15-12-21-4-5-21,22-13-16-36-17-14-22)23-6-11-27(35)28(18-23)38-30(42)29-19-26(41)20-40(29)31(43)37-25-9-7-24(34)8-10-25;30-21-4-6-22(7-5-21)34-28(39)36-17-23(37)16-26(36)27(38)35-25-15-20(3-8-24(25)31)29(32,12-9-18-1-2-18)19-10-13-33-14-11-19;/h6-11,13-14,16-18,21,26,29,39,41H,4-5,12,15,19-20H2,1-3H3,(H,37,43)(H,38,42);3-8,10-11,13-15,18,23,26,37H,1-2,9,12,16-17,32H2,(H,34,39)(H,35,38);1H/t26-,29-,33?,45-;23-,26-,29?;/m11./s1. The molecule has 17 nitrogen and oxygen atoms in total. The van der Waals surface area contributed by atoms with Crippen molar-refractivity contribution in [1.82, 2.24) is 24.5 Å². The highest BCUT2D eigenvalue weighted by molar-refractivity contribution is 7.84. The van der Waals surface area contributed by atoms with Gasteiger partial charge in [-0.15, -0.1) is 12.4 Å². The van der Waals surface area contributed by atoms with Gasteiger partial charge in [0, 0.05) is 72.1 Å². The Kier molecular flexibility index (Phi) is 21.1. The summed E-state index contributed by atoms with van der Waals surface area (Å²) in [7, 11) is -1.50. The minimum atomic E-state index is -1.50. The van der Waals surface area contributed by atoms with Crippen LogP contribution in [0.15, 0.2) is 134 Å². The second-order valence-corrected chi connectivity index (χ2v) is 26.0. The number of nitrogens with zero attached hydrogens (tertiary/aromatic N) is 4. The lowest BCUT2D eigenvalue weighted by Gasteiger charge is -2.38. The molecule has 4 heterocycles. The first-order chi connectivity index (χ1) is 40.1. The number of pyridine rings is 2. The van der Waals surface area contributed by atoms with Crippen molar-refractivity contribution in [3.63, 3.8) is 0 Å². The number of aliphatic hydroxyl groups is 2. The summed E-state index contributed by atoms with van der Waals surface area (Å²) in [6, 6.07) is 26.3. The molecule has 23 heteroatoms. The summed E-state index contributed by atoms with van der Waals surface area (Å²) >= 11 is 11.8. The number of amides is 6. The van der Waals surface area contributed by atoms with Crippen molar-refractivity contribution in [2.24, 2.45) is 17.6 Å². The van der Waals surface area contributed by atoms with Gasteiger partial charge < -0.3 is 47.0 Å². The first-order valence-electron chi connectivity index (χ1n) is 28.1. The van der Waals surface area contributed by atoms with Crippen molar-refractivity contribution in [2.45, 2.75) is 125 Å². The predicted molar refractivity (Wildman–Crippen MR) is 330 cm³/mol. The fourth-order valence-corrected chi connectivity index (χ4v) is 11.8. The Hall–Kier alpha value is -6.62. The van der Waals surface area contributed by atoms with Crippen LogP contribution in [0.3, 0.4) is 0 Å². The molecular formula is C62H71Cl3F2N10O7S. The molecule has 0 radical (unpaired) electrons. The molecule has 4 aromatic carbocycles. The maximum atomic E-state index is 15.4. The lowest BCUT2D eigenvalue weighted by atomic mass is 9.79. The van der Waals surface area contributed by atoms with E-state index in [1.54, 1.807) is 97.6 Å². The van der Waals surface area contributed by atoms with E-state index in [0.717, 1.165) is 36.8 Å². The van der Waals surface area contributed by atoms with Crippen LogP contribution in [0.25, 0.3) is 0 Å². The van der Waals surface area contributed by atoms with E-state index < -0.39 is 86.6 Å². The van der Waals surface area contributed by atoms with Crippen LogP contribution in [-0.4, -0.2) is 100 Å². The summed E-state index contributed by atoms with van der Waals surface area (Å²) in [5.41, 5.74) is 8.94. The van der Waals surface area contributed by atoms with Gasteiger partial charge in [-0.2, -0.15) is 0 Å². The lowest BCUT2D eigenvalue weighted by Crippen LogP contribution is -2.49. The molecule has 0 bridgehead atoms. The van der Waals surface area contributed by atoms with Gasteiger partial charge >= 0.3 is 12.1 Å². The molecule has 4 fully saturated rings. The van der Waals surface area contributed by atoms with E-state index in [0.29, 0.717) is 57.2 Å². The third-order valence-electron chi connectivity index (χ3n) is 15.8. The quantitative estimate of drug-likeness (QED) is 0.0405. The van der Waals surface area contributed by atoms with Crippen molar-refractivity contribution in [3.05, 3.63) is 178 Å². The van der Waals surface area contributed by atoms with E-state index in [4.69, 9.17) is 28.9 Å². The van der Waals surface area contributed by atoms with Gasteiger partial charge in [0.05, 0.1) is 50.4 Å². The fraction of sp³-hybridized carbons (Fsp3) is 0.387. The molecular weight excluding hydrogens is 1170 g/mol. The summed E-state index contributed by atoms with van der Waals surface area (Å²) in [6.07, 6.45) is 12.6. The van der Waals surface area contributed by atoms with Gasteiger partial charge in [0.2, 0.25) is 11.8 Å². The van der Waals surface area contributed by atoms with Gasteiger partial charge in [0.25, 0.3) is 0 Å². The molecule has 2 aliphatic carbocycles. The molecule has 2 saturated carbocycles. The number of nitrogens with two attached hydrogens (primary N) is 1. The highest BCUT2D eigenvalue weighted by Gasteiger charge is 2.43. The number of rotatable bonds is 18. The number of hydrogen-bond donors (Lipinski definition) is 8. The van der Waals surface area contributed by atoms with Crippen LogP contribution in [0.4, 0.5) is 41.1 Å².